The maximum atomic E-state index is 11.5. The third-order valence-electron chi connectivity index (χ3n) is 2.25. The summed E-state index contributed by atoms with van der Waals surface area (Å²) in [5, 5.41) is 5.18. The fraction of sp³-hybridized carbons (Fsp3) is 0.636. The van der Waals surface area contributed by atoms with Gasteiger partial charge in [0.2, 0.25) is 5.91 Å². The number of carbonyl (C=O) groups excluding carboxylic acids is 2. The smallest absolute Gasteiger partial charge is 0.407 e. The lowest BCUT2D eigenvalue weighted by Crippen LogP contribution is -2.39. The minimum absolute atomic E-state index is 0.122. The van der Waals surface area contributed by atoms with Crippen molar-refractivity contribution < 1.29 is 19.1 Å². The number of hydrogen-bond donors (Lipinski definition) is 2. The van der Waals surface area contributed by atoms with Crippen molar-refractivity contribution in [1.29, 1.82) is 0 Å². The van der Waals surface area contributed by atoms with Crippen LogP contribution in [0.1, 0.15) is 12.8 Å². The molecule has 1 saturated heterocycles. The van der Waals surface area contributed by atoms with E-state index in [0.717, 1.165) is 12.8 Å². The molecule has 0 saturated carbocycles. The highest BCUT2D eigenvalue weighted by atomic mass is 16.5. The fourth-order valence-electron chi connectivity index (χ4n) is 1.43. The van der Waals surface area contributed by atoms with Crippen molar-refractivity contribution in [2.24, 2.45) is 0 Å². The quantitative estimate of drug-likeness (QED) is 0.515. The Morgan fingerprint density at radius 2 is 2.18 bits per heavy atom. The summed E-state index contributed by atoms with van der Waals surface area (Å²) in [5.41, 5.74) is 0. The molecule has 0 aromatic rings. The molecule has 1 fully saturated rings. The van der Waals surface area contributed by atoms with E-state index >= 15 is 0 Å². The van der Waals surface area contributed by atoms with E-state index < -0.39 is 6.09 Å². The highest BCUT2D eigenvalue weighted by Gasteiger charge is 2.22. The maximum absolute atomic E-state index is 11.5. The van der Waals surface area contributed by atoms with Crippen LogP contribution in [0.25, 0.3) is 0 Å². The van der Waals surface area contributed by atoms with Crippen LogP contribution >= 0.6 is 0 Å². The van der Waals surface area contributed by atoms with Gasteiger partial charge >= 0.3 is 6.09 Å². The summed E-state index contributed by atoms with van der Waals surface area (Å²) < 4.78 is 9.90. The minimum atomic E-state index is -0.517. The average Bonchev–Trinajstić information content (AvgIpc) is 2.85. The van der Waals surface area contributed by atoms with Gasteiger partial charge in [-0.1, -0.05) is 12.7 Å². The average molecular weight is 242 g/mol. The zero-order valence-electron chi connectivity index (χ0n) is 9.74. The van der Waals surface area contributed by atoms with Gasteiger partial charge in [0.05, 0.1) is 0 Å². The third kappa shape index (κ3) is 5.35. The van der Waals surface area contributed by atoms with E-state index in [4.69, 9.17) is 9.47 Å². The first-order valence-corrected chi connectivity index (χ1v) is 5.65. The van der Waals surface area contributed by atoms with Crippen molar-refractivity contribution in [2.75, 3.05) is 26.3 Å². The zero-order chi connectivity index (χ0) is 12.5. The standard InChI is InChI=1S/C11H18N2O4/c1-2-7-17-11(15)13-6-5-12-10(14)9-4-3-8-16-9/h2,9H,1,3-8H2,(H,12,14)(H,13,15). The molecule has 0 aromatic carbocycles. The van der Waals surface area contributed by atoms with Crippen LogP contribution < -0.4 is 10.6 Å². The van der Waals surface area contributed by atoms with E-state index in [1.807, 2.05) is 0 Å². The number of ether oxygens (including phenoxy) is 2. The largest absolute Gasteiger partial charge is 0.445 e. The van der Waals surface area contributed by atoms with Crippen LogP contribution in [0.15, 0.2) is 12.7 Å². The molecule has 2 amide bonds. The van der Waals surface area contributed by atoms with Crippen molar-refractivity contribution in [1.82, 2.24) is 10.6 Å². The van der Waals surface area contributed by atoms with Crippen molar-refractivity contribution in [3.63, 3.8) is 0 Å². The Morgan fingerprint density at radius 1 is 1.41 bits per heavy atom. The fourth-order valence-corrected chi connectivity index (χ4v) is 1.43. The van der Waals surface area contributed by atoms with E-state index in [9.17, 15) is 9.59 Å². The molecule has 0 bridgehead atoms. The molecule has 1 rings (SSSR count). The first-order valence-electron chi connectivity index (χ1n) is 5.65. The summed E-state index contributed by atoms with van der Waals surface area (Å²) in [4.78, 5) is 22.5. The van der Waals surface area contributed by atoms with Crippen molar-refractivity contribution >= 4 is 12.0 Å². The van der Waals surface area contributed by atoms with Crippen molar-refractivity contribution in [3.05, 3.63) is 12.7 Å². The molecule has 0 aliphatic carbocycles. The van der Waals surface area contributed by atoms with Crippen molar-refractivity contribution in [3.8, 4) is 0 Å². The van der Waals surface area contributed by atoms with Gasteiger partial charge in [0, 0.05) is 19.7 Å². The van der Waals surface area contributed by atoms with Crippen LogP contribution in [0.3, 0.4) is 0 Å². The van der Waals surface area contributed by atoms with Gasteiger partial charge in [0.15, 0.2) is 0 Å². The number of rotatable bonds is 6. The predicted octanol–water partition coefficient (Wildman–Crippen LogP) is 0.194. The second-order valence-electron chi connectivity index (χ2n) is 3.61. The molecular formula is C11H18N2O4. The van der Waals surface area contributed by atoms with Crippen LogP contribution in [0.2, 0.25) is 0 Å². The van der Waals surface area contributed by atoms with Crippen LogP contribution in [-0.2, 0) is 14.3 Å². The topological polar surface area (TPSA) is 76.7 Å². The maximum Gasteiger partial charge on any atom is 0.407 e. The third-order valence-corrected chi connectivity index (χ3v) is 2.25. The normalized spacial score (nSPS) is 18.5. The molecular weight excluding hydrogens is 224 g/mol. The van der Waals surface area contributed by atoms with Crippen LogP contribution in [0.5, 0.6) is 0 Å². The van der Waals surface area contributed by atoms with Gasteiger partial charge in [-0.15, -0.1) is 0 Å². The molecule has 0 radical (unpaired) electrons. The molecule has 1 aliphatic rings. The number of alkyl carbamates (subject to hydrolysis) is 1. The molecule has 6 nitrogen and oxygen atoms in total. The van der Waals surface area contributed by atoms with E-state index in [1.165, 1.54) is 6.08 Å². The first kappa shape index (κ1) is 13.5. The highest BCUT2D eigenvalue weighted by molar-refractivity contribution is 5.81. The van der Waals surface area contributed by atoms with Crippen molar-refractivity contribution in [2.45, 2.75) is 18.9 Å². The Labute approximate surface area is 100 Å². The number of hydrogen-bond acceptors (Lipinski definition) is 4. The molecule has 1 heterocycles. The minimum Gasteiger partial charge on any atom is -0.445 e. The number of nitrogens with one attached hydrogen (secondary N) is 2. The van der Waals surface area contributed by atoms with Gasteiger partial charge in [-0.05, 0) is 12.8 Å². The zero-order valence-corrected chi connectivity index (χ0v) is 9.74. The Morgan fingerprint density at radius 3 is 2.82 bits per heavy atom. The lowest BCUT2D eigenvalue weighted by Gasteiger charge is -2.10. The van der Waals surface area contributed by atoms with Gasteiger partial charge in [-0.2, -0.15) is 0 Å². The molecule has 0 spiro atoms. The Kier molecular flexibility index (Phi) is 6.09. The van der Waals surface area contributed by atoms with Gasteiger partial charge < -0.3 is 20.1 Å². The lowest BCUT2D eigenvalue weighted by molar-refractivity contribution is -0.129. The lowest BCUT2D eigenvalue weighted by atomic mass is 10.2. The first-order chi connectivity index (χ1) is 8.24. The molecule has 1 atom stereocenters. The molecule has 1 aliphatic heterocycles. The summed E-state index contributed by atoms with van der Waals surface area (Å²) in [6, 6.07) is 0. The molecule has 17 heavy (non-hydrogen) atoms. The van der Waals surface area contributed by atoms with Crippen LogP contribution in [0, 0.1) is 0 Å². The Balaban J connectivity index is 2.01. The number of carbonyl (C=O) groups is 2. The summed E-state index contributed by atoms with van der Waals surface area (Å²) in [5.74, 6) is -0.122. The molecule has 2 N–H and O–H groups in total. The Hall–Kier alpha value is -1.56. The predicted molar refractivity (Wildman–Crippen MR) is 61.5 cm³/mol. The van der Waals surface area contributed by atoms with Gasteiger partial charge in [0.1, 0.15) is 12.7 Å². The SMILES string of the molecule is C=CCOC(=O)NCCNC(=O)C1CCCO1. The second-order valence-corrected chi connectivity index (χ2v) is 3.61. The van der Waals surface area contributed by atoms with E-state index in [2.05, 4.69) is 17.2 Å². The summed E-state index contributed by atoms with van der Waals surface area (Å²) in [6.45, 7) is 4.93. The van der Waals surface area contributed by atoms with E-state index in [0.29, 0.717) is 19.7 Å². The second kappa shape index (κ2) is 7.67. The summed E-state index contributed by atoms with van der Waals surface area (Å²) >= 11 is 0. The van der Waals surface area contributed by atoms with Crippen LogP contribution in [0.4, 0.5) is 4.79 Å². The van der Waals surface area contributed by atoms with Gasteiger partial charge in [-0.25, -0.2) is 4.79 Å². The summed E-state index contributed by atoms with van der Waals surface area (Å²) in [7, 11) is 0. The van der Waals surface area contributed by atoms with Gasteiger partial charge in [0.25, 0.3) is 0 Å². The highest BCUT2D eigenvalue weighted by Crippen LogP contribution is 2.11. The Bertz CT molecular complexity index is 275. The van der Waals surface area contributed by atoms with Gasteiger partial charge in [-0.3, -0.25) is 4.79 Å². The molecule has 1 unspecified atom stereocenters. The van der Waals surface area contributed by atoms with Crippen LogP contribution in [-0.4, -0.2) is 44.4 Å². The molecule has 0 aromatic heterocycles. The van der Waals surface area contributed by atoms with E-state index in [1.54, 1.807) is 0 Å². The van der Waals surface area contributed by atoms with E-state index in [-0.39, 0.29) is 18.6 Å². The summed E-state index contributed by atoms with van der Waals surface area (Å²) in [6.07, 6.45) is 2.32. The molecule has 6 heteroatoms. The molecule has 96 valence electrons. The monoisotopic (exact) mass is 242 g/mol. The number of amides is 2.